The Morgan fingerprint density at radius 1 is 0.947 bits per heavy atom. The summed E-state index contributed by atoms with van der Waals surface area (Å²) in [6, 6.07) is 0. The van der Waals surface area contributed by atoms with Crippen LogP contribution in [0.1, 0.15) is 78.6 Å². The van der Waals surface area contributed by atoms with Crippen LogP contribution in [0.15, 0.2) is 0 Å². The van der Waals surface area contributed by atoms with Gasteiger partial charge in [0.25, 0.3) is 0 Å². The van der Waals surface area contributed by atoms with Gasteiger partial charge in [0.05, 0.1) is 0 Å². The van der Waals surface area contributed by atoms with Crippen molar-refractivity contribution in [3.05, 3.63) is 0 Å². The fourth-order valence-corrected chi connectivity index (χ4v) is 4.86. The van der Waals surface area contributed by atoms with E-state index < -0.39 is 0 Å². The molecule has 19 heavy (non-hydrogen) atoms. The first-order valence-corrected chi connectivity index (χ1v) is 8.62. The van der Waals surface area contributed by atoms with Gasteiger partial charge in [-0.2, -0.15) is 0 Å². The maximum absolute atomic E-state index is 3.53. The Morgan fingerprint density at radius 3 is 2.00 bits per heavy atom. The van der Waals surface area contributed by atoms with E-state index in [0.29, 0.717) is 10.8 Å². The minimum absolute atomic E-state index is 0.512. The zero-order valence-corrected chi connectivity index (χ0v) is 13.7. The Balaban J connectivity index is 2.02. The molecule has 1 N–H and O–H groups in total. The van der Waals surface area contributed by atoms with Crippen LogP contribution < -0.4 is 5.32 Å². The number of hydrogen-bond donors (Lipinski definition) is 1. The van der Waals surface area contributed by atoms with E-state index in [-0.39, 0.29) is 0 Å². The molecule has 0 aromatic carbocycles. The van der Waals surface area contributed by atoms with Crippen LogP contribution in [0.25, 0.3) is 0 Å². The standard InChI is InChI=1S/C18H35N/c1-17(2,3)15-10-12-18(13-11-15,14-19-4)16-8-6-5-7-9-16/h15-16,19H,5-14H2,1-4H3. The molecule has 0 aromatic heterocycles. The molecule has 0 amide bonds. The lowest BCUT2D eigenvalue weighted by atomic mass is 9.57. The van der Waals surface area contributed by atoms with E-state index in [1.807, 2.05) is 0 Å². The maximum atomic E-state index is 3.53. The van der Waals surface area contributed by atoms with E-state index >= 15 is 0 Å². The molecule has 0 aliphatic heterocycles. The van der Waals surface area contributed by atoms with Crippen LogP contribution in [0.4, 0.5) is 0 Å². The van der Waals surface area contributed by atoms with Crippen molar-refractivity contribution in [1.29, 1.82) is 0 Å². The van der Waals surface area contributed by atoms with Crippen LogP contribution in [0.5, 0.6) is 0 Å². The van der Waals surface area contributed by atoms with Crippen LogP contribution in [-0.4, -0.2) is 13.6 Å². The van der Waals surface area contributed by atoms with Gasteiger partial charge in [-0.1, -0.05) is 40.0 Å². The minimum atomic E-state index is 0.512. The van der Waals surface area contributed by atoms with Crippen molar-refractivity contribution in [2.24, 2.45) is 22.7 Å². The van der Waals surface area contributed by atoms with Gasteiger partial charge in [0.15, 0.2) is 0 Å². The van der Waals surface area contributed by atoms with Crippen LogP contribution >= 0.6 is 0 Å². The average molecular weight is 265 g/mol. The first kappa shape index (κ1) is 15.4. The van der Waals surface area contributed by atoms with Crippen molar-refractivity contribution in [3.8, 4) is 0 Å². The average Bonchev–Trinajstić information content (AvgIpc) is 2.39. The molecule has 2 aliphatic rings. The third-order valence-corrected chi connectivity index (χ3v) is 6.21. The zero-order chi connectivity index (χ0) is 13.9. The molecule has 1 heteroatoms. The molecule has 2 rings (SSSR count). The Kier molecular flexibility index (Phi) is 4.98. The molecule has 112 valence electrons. The summed E-state index contributed by atoms with van der Waals surface area (Å²) in [5.74, 6) is 1.95. The lowest BCUT2D eigenvalue weighted by Crippen LogP contribution is -2.44. The van der Waals surface area contributed by atoms with Crippen LogP contribution in [0.3, 0.4) is 0 Å². The maximum Gasteiger partial charge on any atom is 0.000746 e. The highest BCUT2D eigenvalue weighted by Crippen LogP contribution is 2.51. The number of nitrogens with one attached hydrogen (secondary N) is 1. The summed E-state index contributed by atoms with van der Waals surface area (Å²) in [5.41, 5.74) is 1.15. The van der Waals surface area contributed by atoms with E-state index in [4.69, 9.17) is 0 Å². The van der Waals surface area contributed by atoms with Crippen molar-refractivity contribution in [2.45, 2.75) is 78.6 Å². The summed E-state index contributed by atoms with van der Waals surface area (Å²) in [6.45, 7) is 8.56. The van der Waals surface area contributed by atoms with Gasteiger partial charge < -0.3 is 5.32 Å². The van der Waals surface area contributed by atoms with Crippen molar-refractivity contribution in [3.63, 3.8) is 0 Å². The molecule has 0 unspecified atom stereocenters. The van der Waals surface area contributed by atoms with Crippen molar-refractivity contribution in [1.82, 2.24) is 5.32 Å². The predicted octanol–water partition coefficient (Wildman–Crippen LogP) is 5.01. The van der Waals surface area contributed by atoms with Gasteiger partial charge in [-0.25, -0.2) is 0 Å². The summed E-state index contributed by atoms with van der Waals surface area (Å²) in [5, 5.41) is 3.53. The summed E-state index contributed by atoms with van der Waals surface area (Å²) in [7, 11) is 2.15. The fourth-order valence-electron chi connectivity index (χ4n) is 4.86. The molecular weight excluding hydrogens is 230 g/mol. The first-order valence-electron chi connectivity index (χ1n) is 8.62. The molecule has 0 spiro atoms. The monoisotopic (exact) mass is 265 g/mol. The Bertz CT molecular complexity index is 262. The highest BCUT2D eigenvalue weighted by Gasteiger charge is 2.43. The molecule has 1 nitrogen and oxygen atoms in total. The largest absolute Gasteiger partial charge is 0.319 e. The quantitative estimate of drug-likeness (QED) is 0.756. The van der Waals surface area contributed by atoms with Gasteiger partial charge in [0.1, 0.15) is 0 Å². The summed E-state index contributed by atoms with van der Waals surface area (Å²) in [4.78, 5) is 0. The normalized spacial score (nSPS) is 34.4. The zero-order valence-electron chi connectivity index (χ0n) is 13.7. The first-order chi connectivity index (χ1) is 8.98. The van der Waals surface area contributed by atoms with Crippen LogP contribution in [-0.2, 0) is 0 Å². The Hall–Kier alpha value is -0.0400. The lowest BCUT2D eigenvalue weighted by molar-refractivity contribution is 0.0241. The molecule has 0 radical (unpaired) electrons. The fraction of sp³-hybridized carbons (Fsp3) is 1.00. The molecule has 0 bridgehead atoms. The van der Waals surface area contributed by atoms with E-state index in [1.165, 1.54) is 64.3 Å². The summed E-state index contributed by atoms with van der Waals surface area (Å²) in [6.07, 6.45) is 13.3. The molecule has 2 aliphatic carbocycles. The van der Waals surface area contributed by atoms with E-state index in [2.05, 4.69) is 33.1 Å². The summed E-state index contributed by atoms with van der Waals surface area (Å²) >= 11 is 0. The topological polar surface area (TPSA) is 12.0 Å². The number of hydrogen-bond acceptors (Lipinski definition) is 1. The van der Waals surface area contributed by atoms with Gasteiger partial charge in [0.2, 0.25) is 0 Å². The molecule has 2 fully saturated rings. The highest BCUT2D eigenvalue weighted by molar-refractivity contribution is 4.95. The molecule has 0 heterocycles. The second-order valence-corrected chi connectivity index (χ2v) is 8.37. The Morgan fingerprint density at radius 2 is 1.53 bits per heavy atom. The molecule has 0 saturated heterocycles. The van der Waals surface area contributed by atoms with Gasteiger partial charge in [-0.05, 0) is 68.2 Å². The van der Waals surface area contributed by atoms with E-state index in [9.17, 15) is 0 Å². The van der Waals surface area contributed by atoms with Crippen molar-refractivity contribution in [2.75, 3.05) is 13.6 Å². The second-order valence-electron chi connectivity index (χ2n) is 8.37. The Labute approximate surface area is 120 Å². The minimum Gasteiger partial charge on any atom is -0.319 e. The van der Waals surface area contributed by atoms with Crippen molar-refractivity contribution < 1.29 is 0 Å². The lowest BCUT2D eigenvalue weighted by Gasteiger charge is -2.49. The van der Waals surface area contributed by atoms with Gasteiger partial charge in [0, 0.05) is 6.54 Å². The highest BCUT2D eigenvalue weighted by atomic mass is 14.8. The third-order valence-electron chi connectivity index (χ3n) is 6.21. The van der Waals surface area contributed by atoms with Crippen molar-refractivity contribution >= 4 is 0 Å². The molecular formula is C18H35N. The number of rotatable bonds is 3. The molecule has 0 aromatic rings. The summed E-state index contributed by atoms with van der Waals surface area (Å²) < 4.78 is 0. The van der Waals surface area contributed by atoms with Crippen LogP contribution in [0, 0.1) is 22.7 Å². The van der Waals surface area contributed by atoms with Gasteiger partial charge >= 0.3 is 0 Å². The van der Waals surface area contributed by atoms with E-state index in [0.717, 1.165) is 11.8 Å². The van der Waals surface area contributed by atoms with Gasteiger partial charge in [-0.15, -0.1) is 0 Å². The van der Waals surface area contributed by atoms with Gasteiger partial charge in [-0.3, -0.25) is 0 Å². The third kappa shape index (κ3) is 3.54. The van der Waals surface area contributed by atoms with Crippen LogP contribution in [0.2, 0.25) is 0 Å². The second kappa shape index (κ2) is 6.16. The molecule has 0 atom stereocenters. The predicted molar refractivity (Wildman–Crippen MR) is 84.3 cm³/mol. The SMILES string of the molecule is CNCC1(C2CCCCC2)CCC(C(C)(C)C)CC1. The smallest absolute Gasteiger partial charge is 0.000746 e. The van der Waals surface area contributed by atoms with E-state index in [1.54, 1.807) is 0 Å². The molecule has 2 saturated carbocycles.